The molecule has 2 nitrogen and oxygen atoms in total. The van der Waals surface area contributed by atoms with E-state index >= 15 is 0 Å². The Balaban J connectivity index is 1.70. The van der Waals surface area contributed by atoms with Crippen LogP contribution < -0.4 is 10.1 Å². The molecule has 18 heavy (non-hydrogen) atoms. The zero-order valence-electron chi connectivity index (χ0n) is 11.6. The van der Waals surface area contributed by atoms with E-state index in [0.29, 0.717) is 5.41 Å². The number of benzene rings is 1. The molecule has 1 aromatic carbocycles. The predicted octanol–water partition coefficient (Wildman–Crippen LogP) is 3.48. The molecule has 1 unspecified atom stereocenters. The normalized spacial score (nSPS) is 18.3. The first kappa shape index (κ1) is 13.4. The van der Waals surface area contributed by atoms with E-state index in [9.17, 15) is 0 Å². The maximum Gasteiger partial charge on any atom is 0.119 e. The van der Waals surface area contributed by atoms with Crippen molar-refractivity contribution in [2.45, 2.75) is 32.6 Å². The van der Waals surface area contributed by atoms with E-state index in [4.69, 9.17) is 4.74 Å². The molecule has 1 aliphatic carbocycles. The zero-order valence-corrected chi connectivity index (χ0v) is 11.6. The van der Waals surface area contributed by atoms with E-state index < -0.39 is 0 Å². The van der Waals surface area contributed by atoms with Crippen LogP contribution >= 0.6 is 0 Å². The van der Waals surface area contributed by atoms with Gasteiger partial charge in [0.1, 0.15) is 5.75 Å². The van der Waals surface area contributed by atoms with Gasteiger partial charge in [0, 0.05) is 6.54 Å². The third kappa shape index (κ3) is 3.74. The summed E-state index contributed by atoms with van der Waals surface area (Å²) in [5.41, 5.74) is 0.467. The SMILES string of the molecule is CNCC(C)(CCCOc1ccccc1)C1CC1. The average Bonchev–Trinajstić information content (AvgIpc) is 3.21. The molecule has 0 aliphatic heterocycles. The van der Waals surface area contributed by atoms with E-state index in [1.807, 2.05) is 30.3 Å². The molecule has 1 N–H and O–H groups in total. The van der Waals surface area contributed by atoms with E-state index in [-0.39, 0.29) is 0 Å². The van der Waals surface area contributed by atoms with Crippen LogP contribution in [0.15, 0.2) is 30.3 Å². The highest BCUT2D eigenvalue weighted by molar-refractivity contribution is 5.20. The molecule has 0 saturated heterocycles. The van der Waals surface area contributed by atoms with Crippen LogP contribution in [0.1, 0.15) is 32.6 Å². The van der Waals surface area contributed by atoms with Crippen molar-refractivity contribution in [3.63, 3.8) is 0 Å². The summed E-state index contributed by atoms with van der Waals surface area (Å²) in [4.78, 5) is 0. The van der Waals surface area contributed by atoms with Gasteiger partial charge in [0.05, 0.1) is 6.61 Å². The number of rotatable bonds is 8. The highest BCUT2D eigenvalue weighted by Crippen LogP contribution is 2.47. The molecule has 1 saturated carbocycles. The summed E-state index contributed by atoms with van der Waals surface area (Å²) in [6.07, 6.45) is 5.23. The molecule has 0 amide bonds. The fraction of sp³-hybridized carbons (Fsp3) is 0.625. The van der Waals surface area contributed by atoms with Crippen LogP contribution in [0.25, 0.3) is 0 Å². The number of hydrogen-bond donors (Lipinski definition) is 1. The minimum Gasteiger partial charge on any atom is -0.494 e. The van der Waals surface area contributed by atoms with Crippen molar-refractivity contribution < 1.29 is 4.74 Å². The first-order valence-corrected chi connectivity index (χ1v) is 7.07. The Morgan fingerprint density at radius 1 is 1.28 bits per heavy atom. The summed E-state index contributed by atoms with van der Waals surface area (Å²) in [6.45, 7) is 4.38. The summed E-state index contributed by atoms with van der Waals surface area (Å²) in [6, 6.07) is 10.1. The van der Waals surface area contributed by atoms with Gasteiger partial charge in [-0.1, -0.05) is 25.1 Å². The van der Waals surface area contributed by atoms with Crippen molar-refractivity contribution >= 4 is 0 Å². The van der Waals surface area contributed by atoms with E-state index in [1.165, 1.54) is 19.3 Å². The van der Waals surface area contributed by atoms with Gasteiger partial charge in [-0.05, 0) is 56.2 Å². The number of ether oxygens (including phenoxy) is 1. The molecule has 0 bridgehead atoms. The summed E-state index contributed by atoms with van der Waals surface area (Å²) in [5.74, 6) is 1.92. The van der Waals surface area contributed by atoms with Crippen molar-refractivity contribution in [3.8, 4) is 5.75 Å². The lowest BCUT2D eigenvalue weighted by atomic mass is 9.80. The van der Waals surface area contributed by atoms with Crippen LogP contribution in [0, 0.1) is 11.3 Å². The first-order valence-electron chi connectivity index (χ1n) is 7.07. The molecule has 1 fully saturated rings. The van der Waals surface area contributed by atoms with Crippen LogP contribution in [0.3, 0.4) is 0 Å². The van der Waals surface area contributed by atoms with Gasteiger partial charge in [-0.25, -0.2) is 0 Å². The number of nitrogens with one attached hydrogen (secondary N) is 1. The Kier molecular flexibility index (Phi) is 4.65. The maximum atomic E-state index is 5.76. The van der Waals surface area contributed by atoms with Gasteiger partial charge in [-0.2, -0.15) is 0 Å². The molecular weight excluding hydrogens is 222 g/mol. The summed E-state index contributed by atoms with van der Waals surface area (Å²) < 4.78 is 5.76. The van der Waals surface area contributed by atoms with Crippen molar-refractivity contribution in [1.82, 2.24) is 5.32 Å². The van der Waals surface area contributed by atoms with Gasteiger partial charge in [-0.15, -0.1) is 0 Å². The molecule has 0 spiro atoms. The smallest absolute Gasteiger partial charge is 0.119 e. The summed E-state index contributed by atoms with van der Waals surface area (Å²) >= 11 is 0. The molecule has 1 atom stereocenters. The third-order valence-electron chi connectivity index (χ3n) is 4.05. The maximum absolute atomic E-state index is 5.76. The largest absolute Gasteiger partial charge is 0.494 e. The van der Waals surface area contributed by atoms with Gasteiger partial charge in [-0.3, -0.25) is 0 Å². The summed E-state index contributed by atoms with van der Waals surface area (Å²) in [5, 5.41) is 3.35. The number of hydrogen-bond acceptors (Lipinski definition) is 2. The van der Waals surface area contributed by atoms with Crippen molar-refractivity contribution in [2.75, 3.05) is 20.2 Å². The van der Waals surface area contributed by atoms with Gasteiger partial charge < -0.3 is 10.1 Å². The summed E-state index contributed by atoms with van der Waals surface area (Å²) in [7, 11) is 2.06. The van der Waals surface area contributed by atoms with Gasteiger partial charge in [0.25, 0.3) is 0 Å². The van der Waals surface area contributed by atoms with Crippen LogP contribution in [0.5, 0.6) is 5.75 Å². The Morgan fingerprint density at radius 3 is 2.61 bits per heavy atom. The second-order valence-corrected chi connectivity index (χ2v) is 5.72. The zero-order chi connectivity index (χ0) is 12.8. The Morgan fingerprint density at radius 2 is 2.00 bits per heavy atom. The molecule has 2 rings (SSSR count). The topological polar surface area (TPSA) is 21.3 Å². The molecule has 0 heterocycles. The van der Waals surface area contributed by atoms with Gasteiger partial charge >= 0.3 is 0 Å². The molecule has 1 aromatic rings. The lowest BCUT2D eigenvalue weighted by molar-refractivity contribution is 0.209. The monoisotopic (exact) mass is 247 g/mol. The molecule has 100 valence electrons. The lowest BCUT2D eigenvalue weighted by Crippen LogP contribution is -2.32. The highest BCUT2D eigenvalue weighted by Gasteiger charge is 2.40. The highest BCUT2D eigenvalue weighted by atomic mass is 16.5. The van der Waals surface area contributed by atoms with Crippen LogP contribution in [0.4, 0.5) is 0 Å². The molecular formula is C16H25NO. The molecule has 0 radical (unpaired) electrons. The average molecular weight is 247 g/mol. The first-order chi connectivity index (χ1) is 8.74. The molecule has 0 aromatic heterocycles. The second kappa shape index (κ2) is 6.24. The standard InChI is InChI=1S/C16H25NO/c1-16(13-17-2,14-9-10-14)11-6-12-18-15-7-4-3-5-8-15/h3-5,7-8,14,17H,6,9-13H2,1-2H3. The van der Waals surface area contributed by atoms with E-state index in [2.05, 4.69) is 19.3 Å². The Labute approximate surface area is 111 Å². The second-order valence-electron chi connectivity index (χ2n) is 5.72. The minimum absolute atomic E-state index is 0.467. The predicted molar refractivity (Wildman–Crippen MR) is 75.9 cm³/mol. The van der Waals surface area contributed by atoms with Crippen LogP contribution in [0.2, 0.25) is 0 Å². The van der Waals surface area contributed by atoms with Gasteiger partial charge in [0.2, 0.25) is 0 Å². The van der Waals surface area contributed by atoms with E-state index in [1.54, 1.807) is 0 Å². The fourth-order valence-corrected chi connectivity index (χ4v) is 2.80. The van der Waals surface area contributed by atoms with E-state index in [0.717, 1.165) is 31.2 Å². The lowest BCUT2D eigenvalue weighted by Gasteiger charge is -2.29. The molecule has 2 heteroatoms. The fourth-order valence-electron chi connectivity index (χ4n) is 2.80. The van der Waals surface area contributed by atoms with Crippen molar-refractivity contribution in [3.05, 3.63) is 30.3 Å². The van der Waals surface area contributed by atoms with Crippen molar-refractivity contribution in [1.29, 1.82) is 0 Å². The minimum atomic E-state index is 0.467. The molecule has 1 aliphatic rings. The Hall–Kier alpha value is -1.02. The van der Waals surface area contributed by atoms with Crippen molar-refractivity contribution in [2.24, 2.45) is 11.3 Å². The number of para-hydroxylation sites is 1. The third-order valence-corrected chi connectivity index (χ3v) is 4.05. The quantitative estimate of drug-likeness (QED) is 0.710. The van der Waals surface area contributed by atoms with Gasteiger partial charge in [0.15, 0.2) is 0 Å². The van der Waals surface area contributed by atoms with Crippen LogP contribution in [-0.4, -0.2) is 20.2 Å². The Bertz CT molecular complexity index is 347. The van der Waals surface area contributed by atoms with Crippen LogP contribution in [-0.2, 0) is 0 Å².